The molecular weight excluding hydrogens is 474 g/mol. The van der Waals surface area contributed by atoms with E-state index in [1.807, 2.05) is 6.07 Å². The molecule has 172 valence electrons. The number of halogens is 1. The maximum Gasteiger partial charge on any atom is 0.119 e. The van der Waals surface area contributed by atoms with Crippen LogP contribution < -0.4 is 4.74 Å². The van der Waals surface area contributed by atoms with Crippen molar-refractivity contribution in [2.24, 2.45) is 0 Å². The molecule has 3 nitrogen and oxygen atoms in total. The molecule has 4 heteroatoms. The molecule has 0 amide bonds. The van der Waals surface area contributed by atoms with E-state index in [-0.39, 0.29) is 6.61 Å². The molecule has 0 aliphatic carbocycles. The summed E-state index contributed by atoms with van der Waals surface area (Å²) in [4.78, 5) is 2.38. The molecule has 3 aromatic rings. The highest BCUT2D eigenvalue weighted by atomic mass is 79.9. The first-order chi connectivity index (χ1) is 16.2. The molecule has 1 aliphatic rings. The van der Waals surface area contributed by atoms with Gasteiger partial charge in [0, 0.05) is 17.1 Å². The number of aliphatic hydroxyl groups is 1. The number of aliphatic hydroxyl groups excluding tert-OH is 1. The van der Waals surface area contributed by atoms with Crippen molar-refractivity contribution in [3.63, 3.8) is 0 Å². The van der Waals surface area contributed by atoms with Crippen molar-refractivity contribution in [1.29, 1.82) is 0 Å². The number of ether oxygens (including phenoxy) is 1. The first-order valence-corrected chi connectivity index (χ1v) is 12.5. The second kappa shape index (κ2) is 11.6. The van der Waals surface area contributed by atoms with E-state index in [0.29, 0.717) is 6.04 Å². The minimum Gasteiger partial charge on any atom is -0.492 e. The van der Waals surface area contributed by atoms with Crippen LogP contribution in [0.1, 0.15) is 42.4 Å². The molecule has 0 spiro atoms. The van der Waals surface area contributed by atoms with Crippen molar-refractivity contribution in [1.82, 2.24) is 4.90 Å². The van der Waals surface area contributed by atoms with Crippen molar-refractivity contribution >= 4 is 27.1 Å². The van der Waals surface area contributed by atoms with E-state index in [4.69, 9.17) is 4.74 Å². The van der Waals surface area contributed by atoms with Gasteiger partial charge in [-0.2, -0.15) is 0 Å². The van der Waals surface area contributed by atoms with Gasteiger partial charge in [-0.15, -0.1) is 0 Å². The van der Waals surface area contributed by atoms with E-state index in [1.54, 1.807) is 0 Å². The zero-order valence-electron chi connectivity index (χ0n) is 19.2. The second-order valence-electron chi connectivity index (χ2n) is 8.67. The molecule has 1 saturated heterocycles. The Morgan fingerprint density at radius 2 is 1.61 bits per heavy atom. The largest absolute Gasteiger partial charge is 0.492 e. The summed E-state index contributed by atoms with van der Waals surface area (Å²) in [6.45, 7) is 2.06. The van der Waals surface area contributed by atoms with Gasteiger partial charge >= 0.3 is 0 Å². The summed E-state index contributed by atoms with van der Waals surface area (Å²) in [5.74, 6) is 0.908. The Kier molecular flexibility index (Phi) is 8.38. The fourth-order valence-electron chi connectivity index (χ4n) is 4.54. The first-order valence-electron chi connectivity index (χ1n) is 11.7. The number of nitrogens with zero attached hydrogens (tertiary/aromatic N) is 1. The van der Waals surface area contributed by atoms with Gasteiger partial charge in [0.15, 0.2) is 0 Å². The van der Waals surface area contributed by atoms with Gasteiger partial charge in [0.2, 0.25) is 0 Å². The highest BCUT2D eigenvalue weighted by Gasteiger charge is 2.21. The standard InChI is InChI=1S/C29H32BrNO2/c1-31-19-5-9-26(31)21-33-27-17-13-24(14-18-27)29(23-11-15-25(30)16-12-23)28(10-6-20-32)22-7-3-2-4-8-22/h2-4,7-8,11-18,26,32H,5-6,9-10,19-21H2,1H3/b29-28-/t26-/m0/s1. The van der Waals surface area contributed by atoms with Gasteiger partial charge in [-0.1, -0.05) is 70.5 Å². The molecule has 4 rings (SSSR count). The molecule has 1 fully saturated rings. The zero-order chi connectivity index (χ0) is 23.0. The second-order valence-corrected chi connectivity index (χ2v) is 9.58. The summed E-state index contributed by atoms with van der Waals surface area (Å²) >= 11 is 3.56. The Morgan fingerprint density at radius 1 is 0.939 bits per heavy atom. The van der Waals surface area contributed by atoms with Gasteiger partial charge < -0.3 is 14.7 Å². The molecule has 33 heavy (non-hydrogen) atoms. The van der Waals surface area contributed by atoms with Crippen LogP contribution in [0, 0.1) is 0 Å². The van der Waals surface area contributed by atoms with E-state index in [9.17, 15) is 5.11 Å². The van der Waals surface area contributed by atoms with Crippen LogP contribution in [0.4, 0.5) is 0 Å². The molecule has 3 aromatic carbocycles. The average molecular weight is 506 g/mol. The molecule has 1 aliphatic heterocycles. The summed E-state index contributed by atoms with van der Waals surface area (Å²) in [5, 5.41) is 9.58. The smallest absolute Gasteiger partial charge is 0.119 e. The number of allylic oxidation sites excluding steroid dienone is 1. The maximum absolute atomic E-state index is 9.58. The third-order valence-electron chi connectivity index (χ3n) is 6.40. The normalized spacial score (nSPS) is 17.1. The number of rotatable bonds is 9. The number of benzene rings is 3. The summed E-state index contributed by atoms with van der Waals surface area (Å²) in [6, 6.07) is 28.0. The lowest BCUT2D eigenvalue weighted by molar-refractivity contribution is 0.198. The van der Waals surface area contributed by atoms with Gasteiger partial charge in [-0.05, 0) is 91.4 Å². The van der Waals surface area contributed by atoms with Crippen molar-refractivity contribution in [3.8, 4) is 5.75 Å². The monoisotopic (exact) mass is 505 g/mol. The quantitative estimate of drug-likeness (QED) is 0.330. The van der Waals surface area contributed by atoms with Crippen LogP contribution in [0.5, 0.6) is 5.75 Å². The Morgan fingerprint density at radius 3 is 2.21 bits per heavy atom. The minimum atomic E-state index is 0.173. The number of likely N-dealkylation sites (N-methyl/N-ethyl adjacent to an activating group) is 1. The highest BCUT2D eigenvalue weighted by molar-refractivity contribution is 9.10. The van der Waals surface area contributed by atoms with Crippen LogP contribution in [0.25, 0.3) is 11.1 Å². The lowest BCUT2D eigenvalue weighted by Gasteiger charge is -2.20. The first kappa shape index (κ1) is 23.7. The molecule has 0 aromatic heterocycles. The summed E-state index contributed by atoms with van der Waals surface area (Å²) in [6.07, 6.45) is 3.98. The summed E-state index contributed by atoms with van der Waals surface area (Å²) in [7, 11) is 2.18. The van der Waals surface area contributed by atoms with Crippen molar-refractivity contribution in [3.05, 3.63) is 100 Å². The fourth-order valence-corrected chi connectivity index (χ4v) is 4.80. The predicted molar refractivity (Wildman–Crippen MR) is 140 cm³/mol. The van der Waals surface area contributed by atoms with Gasteiger partial charge in [0.25, 0.3) is 0 Å². The molecule has 0 saturated carbocycles. The van der Waals surface area contributed by atoms with Crippen LogP contribution in [-0.2, 0) is 0 Å². The fraction of sp³-hybridized carbons (Fsp3) is 0.310. The van der Waals surface area contributed by atoms with E-state index < -0.39 is 0 Å². The van der Waals surface area contributed by atoms with Crippen LogP contribution >= 0.6 is 15.9 Å². The Bertz CT molecular complexity index is 1050. The van der Waals surface area contributed by atoms with Crippen molar-refractivity contribution < 1.29 is 9.84 Å². The van der Waals surface area contributed by atoms with E-state index in [0.717, 1.165) is 47.3 Å². The third-order valence-corrected chi connectivity index (χ3v) is 6.93. The topological polar surface area (TPSA) is 32.7 Å². The zero-order valence-corrected chi connectivity index (χ0v) is 20.8. The van der Waals surface area contributed by atoms with Crippen LogP contribution in [0.15, 0.2) is 83.3 Å². The summed E-state index contributed by atoms with van der Waals surface area (Å²) in [5.41, 5.74) is 5.95. The lowest BCUT2D eigenvalue weighted by atomic mass is 9.87. The van der Waals surface area contributed by atoms with Crippen molar-refractivity contribution in [2.75, 3.05) is 26.8 Å². The van der Waals surface area contributed by atoms with Gasteiger partial charge in [-0.25, -0.2) is 0 Å². The number of hydrogen-bond donors (Lipinski definition) is 1. The van der Waals surface area contributed by atoms with Gasteiger partial charge in [-0.3, -0.25) is 0 Å². The van der Waals surface area contributed by atoms with Crippen LogP contribution in [-0.4, -0.2) is 42.9 Å². The van der Waals surface area contributed by atoms with E-state index >= 15 is 0 Å². The van der Waals surface area contributed by atoms with Crippen LogP contribution in [0.2, 0.25) is 0 Å². The Balaban J connectivity index is 1.69. The van der Waals surface area contributed by atoms with Gasteiger partial charge in [0.1, 0.15) is 12.4 Å². The molecule has 1 N–H and O–H groups in total. The molecular formula is C29H32BrNO2. The molecule has 0 unspecified atom stereocenters. The number of hydrogen-bond acceptors (Lipinski definition) is 3. The molecule has 0 bridgehead atoms. The van der Waals surface area contributed by atoms with Gasteiger partial charge in [0.05, 0.1) is 0 Å². The van der Waals surface area contributed by atoms with E-state index in [1.165, 1.54) is 29.6 Å². The lowest BCUT2D eigenvalue weighted by Crippen LogP contribution is -2.30. The third kappa shape index (κ3) is 6.14. The van der Waals surface area contributed by atoms with Crippen molar-refractivity contribution in [2.45, 2.75) is 31.7 Å². The van der Waals surface area contributed by atoms with Crippen LogP contribution in [0.3, 0.4) is 0 Å². The Labute approximate surface area is 205 Å². The summed E-state index contributed by atoms with van der Waals surface area (Å²) < 4.78 is 7.19. The predicted octanol–water partition coefficient (Wildman–Crippen LogP) is 6.65. The van der Waals surface area contributed by atoms with E-state index in [2.05, 4.69) is 101 Å². The average Bonchev–Trinajstić information content (AvgIpc) is 3.27. The maximum atomic E-state index is 9.58. The SMILES string of the molecule is CN1CCC[C@H]1COc1ccc(/C(=C(/CCCO)c2ccccc2)c2ccc(Br)cc2)cc1. The molecule has 1 heterocycles. The highest BCUT2D eigenvalue weighted by Crippen LogP contribution is 2.36. The molecule has 1 atom stereocenters. The number of likely N-dealkylation sites (tertiary alicyclic amines) is 1. The molecule has 0 radical (unpaired) electrons. The minimum absolute atomic E-state index is 0.173. The Hall–Kier alpha value is -2.40.